The number of carbonyl (C=O) groups excluding carboxylic acids is 1. The van der Waals surface area contributed by atoms with Gasteiger partial charge in [-0.15, -0.1) is 0 Å². The van der Waals surface area contributed by atoms with Gasteiger partial charge < -0.3 is 14.4 Å². The van der Waals surface area contributed by atoms with E-state index in [2.05, 4.69) is 4.72 Å². The SMILES string of the molecule is CS(=O)(=O)N[C@H]1CCCN2C(=O)COc3c(F)cccc3C3CCC(CC3)OC[C@@H]12. The van der Waals surface area contributed by atoms with Crippen LogP contribution in [0.5, 0.6) is 5.75 Å². The number of amides is 1. The minimum atomic E-state index is -3.43. The lowest BCUT2D eigenvalue weighted by molar-refractivity contribution is -0.140. The van der Waals surface area contributed by atoms with Crippen molar-refractivity contribution in [2.45, 2.75) is 62.6 Å². The lowest BCUT2D eigenvalue weighted by Crippen LogP contribution is -2.59. The van der Waals surface area contributed by atoms with Crippen molar-refractivity contribution in [3.8, 4) is 5.75 Å². The van der Waals surface area contributed by atoms with Gasteiger partial charge in [0.1, 0.15) is 0 Å². The van der Waals surface area contributed by atoms with E-state index < -0.39 is 27.9 Å². The van der Waals surface area contributed by atoms with Crippen LogP contribution in [0.2, 0.25) is 0 Å². The Balaban J connectivity index is 1.64. The lowest BCUT2D eigenvalue weighted by Gasteiger charge is -2.41. The molecule has 2 atom stereocenters. The Bertz CT molecular complexity index is 885. The van der Waals surface area contributed by atoms with Gasteiger partial charge in [0, 0.05) is 18.2 Å². The fourth-order valence-electron chi connectivity index (χ4n) is 4.98. The van der Waals surface area contributed by atoms with E-state index in [1.54, 1.807) is 11.0 Å². The van der Waals surface area contributed by atoms with Crippen LogP contribution >= 0.6 is 0 Å². The first-order chi connectivity index (χ1) is 14.3. The van der Waals surface area contributed by atoms with E-state index in [0.29, 0.717) is 19.4 Å². The fraction of sp³-hybridized carbons (Fsp3) is 0.667. The van der Waals surface area contributed by atoms with Crippen molar-refractivity contribution in [1.82, 2.24) is 9.62 Å². The van der Waals surface area contributed by atoms with Crippen LogP contribution in [0, 0.1) is 5.82 Å². The molecule has 5 rings (SSSR count). The summed E-state index contributed by atoms with van der Waals surface area (Å²) in [5, 5.41) is 0. The van der Waals surface area contributed by atoms with Crippen molar-refractivity contribution in [1.29, 1.82) is 0 Å². The zero-order chi connectivity index (χ0) is 21.3. The Morgan fingerprint density at radius 1 is 1.17 bits per heavy atom. The number of halogens is 1. The van der Waals surface area contributed by atoms with Gasteiger partial charge in [-0.1, -0.05) is 12.1 Å². The molecule has 0 radical (unpaired) electrons. The summed E-state index contributed by atoms with van der Waals surface area (Å²) < 4.78 is 52.9. The molecule has 2 bridgehead atoms. The van der Waals surface area contributed by atoms with Crippen LogP contribution in [-0.4, -0.2) is 63.4 Å². The lowest BCUT2D eigenvalue weighted by atomic mass is 9.82. The number of ether oxygens (including phenoxy) is 2. The van der Waals surface area contributed by atoms with Gasteiger partial charge in [0.15, 0.2) is 18.2 Å². The maximum atomic E-state index is 14.6. The number of nitrogens with zero attached hydrogens (tertiary/aromatic N) is 1. The number of nitrogens with one attached hydrogen (secondary N) is 1. The number of hydrogen-bond donors (Lipinski definition) is 1. The summed E-state index contributed by atoms with van der Waals surface area (Å²) in [7, 11) is -3.43. The van der Waals surface area contributed by atoms with Crippen LogP contribution in [0.25, 0.3) is 0 Å². The molecule has 2 fully saturated rings. The van der Waals surface area contributed by atoms with Crippen molar-refractivity contribution in [2.75, 3.05) is 26.0 Å². The third-order valence-corrected chi connectivity index (χ3v) is 7.15. The van der Waals surface area contributed by atoms with Gasteiger partial charge >= 0.3 is 0 Å². The molecule has 0 spiro atoms. The number of rotatable bonds is 2. The minimum Gasteiger partial charge on any atom is -0.480 e. The molecule has 1 saturated heterocycles. The third kappa shape index (κ3) is 4.78. The van der Waals surface area contributed by atoms with Crippen molar-refractivity contribution >= 4 is 15.9 Å². The zero-order valence-electron chi connectivity index (χ0n) is 17.2. The summed E-state index contributed by atoms with van der Waals surface area (Å²) in [6, 6.07) is 4.09. The molecule has 1 aliphatic carbocycles. The summed E-state index contributed by atoms with van der Waals surface area (Å²) in [5.74, 6) is -0.410. The number of para-hydroxylation sites is 1. The molecule has 166 valence electrons. The van der Waals surface area contributed by atoms with Crippen LogP contribution in [0.3, 0.4) is 0 Å². The number of hydrogen-bond acceptors (Lipinski definition) is 5. The Kier molecular flexibility index (Phi) is 6.31. The quantitative estimate of drug-likeness (QED) is 0.762. The number of sulfonamides is 1. The van der Waals surface area contributed by atoms with E-state index in [-0.39, 0.29) is 36.9 Å². The van der Waals surface area contributed by atoms with E-state index in [1.807, 2.05) is 6.07 Å². The number of fused-ring (bicyclic) bond motifs is 5. The highest BCUT2D eigenvalue weighted by molar-refractivity contribution is 7.88. The summed E-state index contributed by atoms with van der Waals surface area (Å²) in [5.41, 5.74) is 0.812. The van der Waals surface area contributed by atoms with Crippen molar-refractivity contribution < 1.29 is 27.1 Å². The Labute approximate surface area is 177 Å². The topological polar surface area (TPSA) is 84.9 Å². The molecular formula is C21H29FN2O5S. The highest BCUT2D eigenvalue weighted by Crippen LogP contribution is 2.40. The molecule has 1 amide bonds. The van der Waals surface area contributed by atoms with E-state index in [9.17, 15) is 17.6 Å². The predicted molar refractivity (Wildman–Crippen MR) is 109 cm³/mol. The fourth-order valence-corrected chi connectivity index (χ4v) is 5.80. The van der Waals surface area contributed by atoms with Gasteiger partial charge in [0.2, 0.25) is 10.0 Å². The van der Waals surface area contributed by atoms with Gasteiger partial charge in [0.25, 0.3) is 5.91 Å². The monoisotopic (exact) mass is 440 g/mol. The van der Waals surface area contributed by atoms with Gasteiger partial charge in [-0.05, 0) is 50.5 Å². The molecule has 7 nitrogen and oxygen atoms in total. The van der Waals surface area contributed by atoms with Crippen LogP contribution in [0.4, 0.5) is 4.39 Å². The molecule has 1 aromatic carbocycles. The minimum absolute atomic E-state index is 0.0534. The Morgan fingerprint density at radius 2 is 1.93 bits per heavy atom. The molecule has 0 aromatic heterocycles. The molecular weight excluding hydrogens is 411 g/mol. The van der Waals surface area contributed by atoms with E-state index in [4.69, 9.17) is 9.47 Å². The number of carbonyl (C=O) groups is 1. The second-order valence-electron chi connectivity index (χ2n) is 8.55. The molecule has 1 N–H and O–H groups in total. The van der Waals surface area contributed by atoms with Gasteiger partial charge in [-0.2, -0.15) is 0 Å². The smallest absolute Gasteiger partial charge is 0.260 e. The standard InChI is InChI=1S/C21H29FN2O5S/c1-30(26,27)23-18-6-3-11-24-19(18)12-28-15-9-7-14(8-10-15)16-4-2-5-17(22)21(16)29-13-20(24)25/h2,4-5,14-15,18-19,23H,3,6-13H2,1H3/t14?,15?,18-,19-/m0/s1. The largest absolute Gasteiger partial charge is 0.480 e. The maximum Gasteiger partial charge on any atom is 0.260 e. The summed E-state index contributed by atoms with van der Waals surface area (Å²) in [4.78, 5) is 14.6. The van der Waals surface area contributed by atoms with E-state index >= 15 is 0 Å². The average Bonchev–Trinajstić information content (AvgIpc) is 2.71. The number of piperidine rings is 1. The van der Waals surface area contributed by atoms with Crippen molar-refractivity contribution in [3.05, 3.63) is 29.6 Å². The first-order valence-electron chi connectivity index (χ1n) is 10.6. The molecule has 1 saturated carbocycles. The third-order valence-electron chi connectivity index (χ3n) is 6.42. The molecule has 3 heterocycles. The summed E-state index contributed by atoms with van der Waals surface area (Å²) in [6.45, 7) is 0.483. The summed E-state index contributed by atoms with van der Waals surface area (Å²) in [6.07, 6.45) is 5.88. The van der Waals surface area contributed by atoms with Crippen LogP contribution in [-0.2, 0) is 19.6 Å². The molecule has 4 aliphatic rings. The summed E-state index contributed by atoms with van der Waals surface area (Å²) >= 11 is 0. The second kappa shape index (κ2) is 8.80. The molecule has 1 aromatic rings. The molecule has 9 heteroatoms. The van der Waals surface area contributed by atoms with E-state index in [0.717, 1.165) is 37.5 Å². The van der Waals surface area contributed by atoms with Crippen LogP contribution < -0.4 is 9.46 Å². The van der Waals surface area contributed by atoms with Crippen LogP contribution in [0.15, 0.2) is 18.2 Å². The Hall–Kier alpha value is -1.71. The molecule has 30 heavy (non-hydrogen) atoms. The predicted octanol–water partition coefficient (Wildman–Crippen LogP) is 2.17. The average molecular weight is 441 g/mol. The highest BCUT2D eigenvalue weighted by Gasteiger charge is 2.37. The van der Waals surface area contributed by atoms with Gasteiger partial charge in [-0.3, -0.25) is 4.79 Å². The van der Waals surface area contributed by atoms with Gasteiger partial charge in [-0.25, -0.2) is 17.5 Å². The van der Waals surface area contributed by atoms with Crippen molar-refractivity contribution in [3.63, 3.8) is 0 Å². The molecule has 3 aliphatic heterocycles. The number of benzene rings is 1. The van der Waals surface area contributed by atoms with Crippen molar-refractivity contribution in [2.24, 2.45) is 0 Å². The first kappa shape index (κ1) is 21.5. The maximum absolute atomic E-state index is 14.6. The first-order valence-corrected chi connectivity index (χ1v) is 12.5. The molecule has 0 unspecified atom stereocenters. The van der Waals surface area contributed by atoms with E-state index in [1.165, 1.54) is 6.07 Å². The highest BCUT2D eigenvalue weighted by atomic mass is 32.2. The second-order valence-corrected chi connectivity index (χ2v) is 10.3. The van der Waals surface area contributed by atoms with Gasteiger partial charge in [0.05, 0.1) is 25.0 Å². The normalized spacial score (nSPS) is 30.3. The van der Waals surface area contributed by atoms with Crippen LogP contribution in [0.1, 0.15) is 50.0 Å². The zero-order valence-corrected chi connectivity index (χ0v) is 18.0. The Morgan fingerprint density at radius 3 is 2.67 bits per heavy atom.